The zero-order valence-electron chi connectivity index (χ0n) is 15.0. The largest absolute Gasteiger partial charge is 0.207 e. The lowest BCUT2D eigenvalue weighted by atomic mass is 9.98. The highest BCUT2D eigenvalue weighted by molar-refractivity contribution is 5.81. The number of halogens is 2. The van der Waals surface area contributed by atoms with E-state index in [2.05, 4.69) is 25.1 Å². The Balaban J connectivity index is 1.66. The third-order valence-corrected chi connectivity index (χ3v) is 5.29. The summed E-state index contributed by atoms with van der Waals surface area (Å²) in [5.41, 5.74) is 6.69. The van der Waals surface area contributed by atoms with Crippen molar-refractivity contribution >= 4 is 0 Å². The van der Waals surface area contributed by atoms with Gasteiger partial charge in [-0.3, -0.25) is 0 Å². The number of aryl methyl sites for hydroxylation is 1. The van der Waals surface area contributed by atoms with Gasteiger partial charge in [-0.25, -0.2) is 8.78 Å². The first-order valence-corrected chi connectivity index (χ1v) is 9.37. The second-order valence-electron chi connectivity index (χ2n) is 7.09. The molecule has 0 aromatic heterocycles. The van der Waals surface area contributed by atoms with E-state index in [1.807, 2.05) is 12.1 Å². The van der Waals surface area contributed by atoms with E-state index >= 15 is 4.39 Å². The summed E-state index contributed by atoms with van der Waals surface area (Å²) in [6.07, 6.45) is 5.37. The molecule has 0 atom stereocenters. The molecule has 2 heteroatoms. The van der Waals surface area contributed by atoms with E-state index in [-0.39, 0.29) is 11.6 Å². The molecule has 0 unspecified atom stereocenters. The van der Waals surface area contributed by atoms with Gasteiger partial charge in [-0.05, 0) is 52.8 Å². The standard InChI is InChI=1S/C24H22F2/c1-2-3-4-5-16-6-11-20-18(14-16)15-23-22(20)13-12-21(24(23)26)17-7-9-19(25)10-8-17/h6-14H,2-5,15H2,1H3. The summed E-state index contributed by atoms with van der Waals surface area (Å²) in [4.78, 5) is 0. The third kappa shape index (κ3) is 3.05. The van der Waals surface area contributed by atoms with Gasteiger partial charge in [-0.15, -0.1) is 0 Å². The SMILES string of the molecule is CCCCCc1ccc2c(c1)Cc1c-2ccc(-c2ccc(F)cc2)c1F. The summed E-state index contributed by atoms with van der Waals surface area (Å²) in [6.45, 7) is 2.21. The summed E-state index contributed by atoms with van der Waals surface area (Å²) in [5, 5.41) is 0. The van der Waals surface area contributed by atoms with Gasteiger partial charge in [0.25, 0.3) is 0 Å². The van der Waals surface area contributed by atoms with Gasteiger partial charge in [-0.2, -0.15) is 0 Å². The molecule has 132 valence electrons. The van der Waals surface area contributed by atoms with Crippen molar-refractivity contribution in [3.8, 4) is 22.3 Å². The van der Waals surface area contributed by atoms with Crippen LogP contribution in [0.1, 0.15) is 42.9 Å². The minimum atomic E-state index is -0.307. The average Bonchev–Trinajstić information content (AvgIpc) is 3.02. The van der Waals surface area contributed by atoms with Gasteiger partial charge in [0.15, 0.2) is 0 Å². The summed E-state index contributed by atoms with van der Waals surface area (Å²) < 4.78 is 28.3. The number of fused-ring (bicyclic) bond motifs is 3. The van der Waals surface area contributed by atoms with Crippen molar-refractivity contribution in [1.29, 1.82) is 0 Å². The van der Waals surface area contributed by atoms with Crippen molar-refractivity contribution in [3.05, 3.63) is 82.9 Å². The lowest BCUT2D eigenvalue weighted by molar-refractivity contribution is 0.618. The maximum absolute atomic E-state index is 15.2. The van der Waals surface area contributed by atoms with Gasteiger partial charge >= 0.3 is 0 Å². The average molecular weight is 348 g/mol. The second-order valence-corrected chi connectivity index (χ2v) is 7.09. The molecule has 26 heavy (non-hydrogen) atoms. The van der Waals surface area contributed by atoms with Crippen LogP contribution >= 0.6 is 0 Å². The predicted octanol–water partition coefficient (Wildman–Crippen LogP) is 6.94. The Bertz CT molecular complexity index is 939. The van der Waals surface area contributed by atoms with Crippen LogP contribution in [0.3, 0.4) is 0 Å². The minimum Gasteiger partial charge on any atom is -0.207 e. The van der Waals surface area contributed by atoms with Crippen molar-refractivity contribution in [3.63, 3.8) is 0 Å². The summed E-state index contributed by atoms with van der Waals surface area (Å²) in [5.74, 6) is -0.490. The molecule has 1 aliphatic rings. The van der Waals surface area contributed by atoms with Gasteiger partial charge < -0.3 is 0 Å². The molecule has 0 bridgehead atoms. The molecule has 3 aromatic carbocycles. The fourth-order valence-corrected chi connectivity index (χ4v) is 3.88. The van der Waals surface area contributed by atoms with Gasteiger partial charge in [0.2, 0.25) is 0 Å². The van der Waals surface area contributed by atoms with E-state index in [1.165, 1.54) is 42.5 Å². The van der Waals surface area contributed by atoms with Crippen LogP contribution < -0.4 is 0 Å². The fourth-order valence-electron chi connectivity index (χ4n) is 3.88. The molecule has 0 spiro atoms. The topological polar surface area (TPSA) is 0 Å². The number of hydrogen-bond donors (Lipinski definition) is 0. The Morgan fingerprint density at radius 3 is 2.31 bits per heavy atom. The molecular weight excluding hydrogens is 326 g/mol. The van der Waals surface area contributed by atoms with Crippen molar-refractivity contribution in [2.75, 3.05) is 0 Å². The summed E-state index contributed by atoms with van der Waals surface area (Å²) in [7, 11) is 0. The molecule has 0 N–H and O–H groups in total. The zero-order chi connectivity index (χ0) is 18.1. The van der Waals surface area contributed by atoms with Crippen LogP contribution in [-0.4, -0.2) is 0 Å². The first-order chi connectivity index (χ1) is 12.7. The molecule has 1 aliphatic carbocycles. The van der Waals surface area contributed by atoms with Crippen LogP contribution in [0.4, 0.5) is 8.78 Å². The summed E-state index contributed by atoms with van der Waals surface area (Å²) >= 11 is 0. The zero-order valence-corrected chi connectivity index (χ0v) is 15.0. The molecular formula is C24H22F2. The van der Waals surface area contributed by atoms with Crippen molar-refractivity contribution in [2.24, 2.45) is 0 Å². The van der Waals surface area contributed by atoms with Crippen LogP contribution in [0, 0.1) is 11.6 Å². The highest BCUT2D eigenvalue weighted by Crippen LogP contribution is 2.41. The molecule has 4 rings (SSSR count). The maximum Gasteiger partial charge on any atom is 0.135 e. The lowest BCUT2D eigenvalue weighted by Crippen LogP contribution is -1.92. The van der Waals surface area contributed by atoms with E-state index in [4.69, 9.17) is 0 Å². The van der Waals surface area contributed by atoms with E-state index in [1.54, 1.807) is 12.1 Å². The smallest absolute Gasteiger partial charge is 0.135 e. The van der Waals surface area contributed by atoms with E-state index < -0.39 is 0 Å². The Hall–Kier alpha value is -2.48. The predicted molar refractivity (Wildman–Crippen MR) is 103 cm³/mol. The first-order valence-electron chi connectivity index (χ1n) is 9.37. The highest BCUT2D eigenvalue weighted by Gasteiger charge is 2.24. The molecule has 0 nitrogen and oxygen atoms in total. The highest BCUT2D eigenvalue weighted by atomic mass is 19.1. The van der Waals surface area contributed by atoms with Gasteiger partial charge in [-0.1, -0.05) is 62.2 Å². The Kier molecular flexibility index (Phi) is 4.58. The molecule has 0 saturated carbocycles. The Morgan fingerprint density at radius 1 is 0.808 bits per heavy atom. The van der Waals surface area contributed by atoms with Crippen LogP contribution in [0.5, 0.6) is 0 Å². The number of hydrogen-bond acceptors (Lipinski definition) is 0. The molecule has 0 fully saturated rings. The molecule has 0 heterocycles. The van der Waals surface area contributed by atoms with Gasteiger partial charge in [0.05, 0.1) is 0 Å². The van der Waals surface area contributed by atoms with E-state index in [0.29, 0.717) is 17.5 Å². The van der Waals surface area contributed by atoms with Gasteiger partial charge in [0.1, 0.15) is 11.6 Å². The Labute approximate surface area is 153 Å². The first kappa shape index (κ1) is 17.0. The van der Waals surface area contributed by atoms with Gasteiger partial charge in [0, 0.05) is 17.5 Å². The normalized spacial score (nSPS) is 12.1. The minimum absolute atomic E-state index is 0.183. The van der Waals surface area contributed by atoms with Crippen molar-refractivity contribution < 1.29 is 8.78 Å². The van der Waals surface area contributed by atoms with Crippen LogP contribution in [0.15, 0.2) is 54.6 Å². The van der Waals surface area contributed by atoms with Crippen molar-refractivity contribution in [2.45, 2.75) is 39.0 Å². The van der Waals surface area contributed by atoms with E-state index in [9.17, 15) is 4.39 Å². The summed E-state index contributed by atoms with van der Waals surface area (Å²) in [6, 6.07) is 16.4. The maximum atomic E-state index is 15.2. The monoisotopic (exact) mass is 348 g/mol. The molecule has 0 radical (unpaired) electrons. The fraction of sp³-hybridized carbons (Fsp3) is 0.250. The van der Waals surface area contributed by atoms with E-state index in [0.717, 1.165) is 23.1 Å². The number of benzene rings is 3. The molecule has 3 aromatic rings. The number of rotatable bonds is 5. The molecule has 0 amide bonds. The van der Waals surface area contributed by atoms with Crippen molar-refractivity contribution in [1.82, 2.24) is 0 Å². The third-order valence-electron chi connectivity index (χ3n) is 5.29. The molecule has 0 saturated heterocycles. The van der Waals surface area contributed by atoms with Crippen LogP contribution in [-0.2, 0) is 12.8 Å². The van der Waals surface area contributed by atoms with Crippen LogP contribution in [0.25, 0.3) is 22.3 Å². The Morgan fingerprint density at radius 2 is 1.54 bits per heavy atom. The second kappa shape index (κ2) is 7.03. The van der Waals surface area contributed by atoms with Crippen LogP contribution in [0.2, 0.25) is 0 Å². The lowest BCUT2D eigenvalue weighted by Gasteiger charge is -2.08. The number of unbranched alkanes of at least 4 members (excludes halogenated alkanes) is 2. The molecule has 0 aliphatic heterocycles. The quantitative estimate of drug-likeness (QED) is 0.343.